The van der Waals surface area contributed by atoms with Crippen LogP contribution in [0, 0.1) is 13.8 Å². The molecule has 1 amide bonds. The summed E-state index contributed by atoms with van der Waals surface area (Å²) in [7, 11) is -3.65. The van der Waals surface area contributed by atoms with Gasteiger partial charge >= 0.3 is 0 Å². The maximum absolute atomic E-state index is 13.2. The summed E-state index contributed by atoms with van der Waals surface area (Å²) in [4.78, 5) is 13.2. The topological polar surface area (TPSA) is 66.5 Å². The van der Waals surface area contributed by atoms with Gasteiger partial charge in [0.15, 0.2) is 0 Å². The summed E-state index contributed by atoms with van der Waals surface area (Å²) in [5.74, 6) is -0.307. The van der Waals surface area contributed by atoms with Gasteiger partial charge in [0.2, 0.25) is 15.9 Å². The first-order valence-electron chi connectivity index (χ1n) is 10.7. The number of amides is 1. The second-order valence-corrected chi connectivity index (χ2v) is 11.2. The number of carbonyl (C=O) groups excluding carboxylic acids is 1. The summed E-state index contributed by atoms with van der Waals surface area (Å²) in [5.41, 5.74) is 4.82. The molecule has 5 nitrogen and oxygen atoms in total. The summed E-state index contributed by atoms with van der Waals surface area (Å²) in [6, 6.07) is 12.6. The number of nitrogens with zero attached hydrogens (tertiary/aromatic N) is 1. The lowest BCUT2D eigenvalue weighted by Gasteiger charge is -2.31. The average Bonchev–Trinajstić information content (AvgIpc) is 2.66. The standard InChI is InChI=1S/C25H36N2O3S/c1-9-23(27(31(8,29)30)22-15-10-17(2)18(3)16-22)24(28)26-19(4)20-11-13-21(14-12-20)25(5,6)7/h10-16,19,23H,9H2,1-8H3,(H,26,28)/t19-,23+/m0/s1. The van der Waals surface area contributed by atoms with Gasteiger partial charge in [-0.05, 0) is 67.0 Å². The third-order valence-corrected chi connectivity index (χ3v) is 6.89. The highest BCUT2D eigenvalue weighted by Crippen LogP contribution is 2.27. The fourth-order valence-corrected chi connectivity index (χ4v) is 4.79. The summed E-state index contributed by atoms with van der Waals surface area (Å²) in [6.45, 7) is 14.1. The molecule has 0 aliphatic heterocycles. The molecule has 2 aromatic carbocycles. The largest absolute Gasteiger partial charge is 0.348 e. The molecule has 0 bridgehead atoms. The zero-order chi connectivity index (χ0) is 23.6. The van der Waals surface area contributed by atoms with Crippen LogP contribution in [0.5, 0.6) is 0 Å². The first kappa shape index (κ1) is 24.9. The molecule has 0 radical (unpaired) electrons. The van der Waals surface area contributed by atoms with E-state index >= 15 is 0 Å². The van der Waals surface area contributed by atoms with E-state index in [4.69, 9.17) is 0 Å². The molecule has 0 saturated carbocycles. The van der Waals surface area contributed by atoms with Crippen LogP contribution in [0.25, 0.3) is 0 Å². The van der Waals surface area contributed by atoms with Crippen molar-refractivity contribution in [2.45, 2.75) is 72.4 Å². The quantitative estimate of drug-likeness (QED) is 0.652. The van der Waals surface area contributed by atoms with Gasteiger partial charge in [-0.15, -0.1) is 0 Å². The van der Waals surface area contributed by atoms with Gasteiger partial charge < -0.3 is 5.32 Å². The lowest BCUT2D eigenvalue weighted by molar-refractivity contribution is -0.122. The Morgan fingerprint density at radius 3 is 2.06 bits per heavy atom. The molecule has 2 aromatic rings. The van der Waals surface area contributed by atoms with Crippen LogP contribution in [0.3, 0.4) is 0 Å². The first-order valence-corrected chi connectivity index (χ1v) is 12.6. The van der Waals surface area contributed by atoms with E-state index in [0.29, 0.717) is 12.1 Å². The summed E-state index contributed by atoms with van der Waals surface area (Å²) in [6.07, 6.45) is 1.51. The predicted molar refractivity (Wildman–Crippen MR) is 129 cm³/mol. The van der Waals surface area contributed by atoms with E-state index in [1.54, 1.807) is 6.07 Å². The Labute approximate surface area is 187 Å². The number of hydrogen-bond donors (Lipinski definition) is 1. The fraction of sp³-hybridized carbons (Fsp3) is 0.480. The molecule has 0 spiro atoms. The third kappa shape index (κ3) is 6.10. The zero-order valence-corrected chi connectivity index (χ0v) is 20.8. The van der Waals surface area contributed by atoms with Gasteiger partial charge in [-0.1, -0.05) is 58.0 Å². The minimum atomic E-state index is -3.65. The van der Waals surface area contributed by atoms with Crippen LogP contribution in [0.1, 0.15) is 69.3 Å². The number of carbonyl (C=O) groups is 1. The van der Waals surface area contributed by atoms with E-state index in [2.05, 4.69) is 38.2 Å². The maximum Gasteiger partial charge on any atom is 0.244 e. The Kier molecular flexibility index (Phi) is 7.58. The second kappa shape index (κ2) is 9.43. The lowest BCUT2D eigenvalue weighted by Crippen LogP contribution is -2.49. The number of anilines is 1. The number of rotatable bonds is 7. The number of benzene rings is 2. The minimum absolute atomic E-state index is 0.0560. The summed E-state index contributed by atoms with van der Waals surface area (Å²) in [5, 5.41) is 3.01. The van der Waals surface area contributed by atoms with Gasteiger partial charge in [0, 0.05) is 0 Å². The highest BCUT2D eigenvalue weighted by atomic mass is 32.2. The SMILES string of the molecule is CC[C@H](C(=O)N[C@@H](C)c1ccc(C(C)(C)C)cc1)N(c1ccc(C)c(C)c1)S(C)(=O)=O. The fourth-order valence-electron chi connectivity index (χ4n) is 3.59. The molecule has 2 atom stereocenters. The average molecular weight is 445 g/mol. The molecule has 31 heavy (non-hydrogen) atoms. The van der Waals surface area contributed by atoms with Gasteiger partial charge in [0.05, 0.1) is 18.0 Å². The highest BCUT2D eigenvalue weighted by Gasteiger charge is 2.32. The van der Waals surface area contributed by atoms with Gasteiger partial charge in [-0.25, -0.2) is 8.42 Å². The van der Waals surface area contributed by atoms with Crippen LogP contribution in [0.15, 0.2) is 42.5 Å². The Morgan fingerprint density at radius 1 is 1.03 bits per heavy atom. The van der Waals surface area contributed by atoms with Crippen molar-refractivity contribution in [1.82, 2.24) is 5.32 Å². The van der Waals surface area contributed by atoms with Gasteiger partial charge in [0.25, 0.3) is 0 Å². The Hall–Kier alpha value is -2.34. The normalized spacial score (nSPS) is 14.1. The van der Waals surface area contributed by atoms with Crippen LogP contribution in [0.2, 0.25) is 0 Å². The van der Waals surface area contributed by atoms with E-state index in [-0.39, 0.29) is 17.4 Å². The van der Waals surface area contributed by atoms with Crippen LogP contribution in [0.4, 0.5) is 5.69 Å². The van der Waals surface area contributed by atoms with Gasteiger partial charge in [-0.2, -0.15) is 0 Å². The number of hydrogen-bond acceptors (Lipinski definition) is 3. The lowest BCUT2D eigenvalue weighted by atomic mass is 9.86. The molecule has 0 unspecified atom stereocenters. The van der Waals surface area contributed by atoms with Crippen molar-refractivity contribution in [1.29, 1.82) is 0 Å². The molecule has 1 N–H and O–H groups in total. The Balaban J connectivity index is 2.30. The van der Waals surface area contributed by atoms with Crippen molar-refractivity contribution in [3.05, 3.63) is 64.7 Å². The Morgan fingerprint density at radius 2 is 1.61 bits per heavy atom. The molecule has 0 fully saturated rings. The van der Waals surface area contributed by atoms with Crippen LogP contribution in [-0.4, -0.2) is 26.6 Å². The molecule has 2 rings (SSSR count). The molecule has 0 aliphatic carbocycles. The first-order chi connectivity index (χ1) is 14.3. The van der Waals surface area contributed by atoms with Crippen molar-refractivity contribution in [2.75, 3.05) is 10.6 Å². The van der Waals surface area contributed by atoms with E-state index in [1.807, 2.05) is 52.0 Å². The van der Waals surface area contributed by atoms with Gasteiger partial charge in [0.1, 0.15) is 6.04 Å². The maximum atomic E-state index is 13.2. The third-order valence-electron chi connectivity index (χ3n) is 5.71. The molecule has 6 heteroatoms. The van der Waals surface area contributed by atoms with Crippen LogP contribution < -0.4 is 9.62 Å². The van der Waals surface area contributed by atoms with E-state index < -0.39 is 16.1 Å². The second-order valence-electron chi connectivity index (χ2n) is 9.35. The zero-order valence-electron chi connectivity index (χ0n) is 20.0. The van der Waals surface area contributed by atoms with Crippen molar-refractivity contribution in [3.8, 4) is 0 Å². The van der Waals surface area contributed by atoms with E-state index in [1.165, 1.54) is 9.87 Å². The molecule has 0 aliphatic rings. The molecule has 0 heterocycles. The predicted octanol–water partition coefficient (Wildman–Crippen LogP) is 5.02. The molecular formula is C25H36N2O3S. The number of nitrogens with one attached hydrogen (secondary N) is 1. The van der Waals surface area contributed by atoms with Crippen LogP contribution in [-0.2, 0) is 20.2 Å². The van der Waals surface area contributed by atoms with Gasteiger partial charge in [-0.3, -0.25) is 9.10 Å². The molecule has 0 aromatic heterocycles. The highest BCUT2D eigenvalue weighted by molar-refractivity contribution is 7.92. The van der Waals surface area contributed by atoms with E-state index in [9.17, 15) is 13.2 Å². The molecule has 170 valence electrons. The smallest absolute Gasteiger partial charge is 0.244 e. The van der Waals surface area contributed by atoms with Crippen LogP contribution >= 0.6 is 0 Å². The van der Waals surface area contributed by atoms with E-state index in [0.717, 1.165) is 22.9 Å². The number of aryl methyl sites for hydroxylation is 2. The molecular weight excluding hydrogens is 408 g/mol. The van der Waals surface area contributed by atoms with Crippen molar-refractivity contribution >= 4 is 21.6 Å². The molecule has 0 saturated heterocycles. The number of sulfonamides is 1. The van der Waals surface area contributed by atoms with Crippen molar-refractivity contribution in [3.63, 3.8) is 0 Å². The monoisotopic (exact) mass is 444 g/mol. The summed E-state index contributed by atoms with van der Waals surface area (Å²) >= 11 is 0. The Bertz CT molecular complexity index is 1020. The summed E-state index contributed by atoms with van der Waals surface area (Å²) < 4.78 is 26.6. The van der Waals surface area contributed by atoms with Crippen molar-refractivity contribution < 1.29 is 13.2 Å². The minimum Gasteiger partial charge on any atom is -0.348 e. The van der Waals surface area contributed by atoms with Crippen molar-refractivity contribution in [2.24, 2.45) is 0 Å².